The third kappa shape index (κ3) is 3.19. The minimum atomic E-state index is -3.94. The Morgan fingerprint density at radius 2 is 1.64 bits per heavy atom. The molecular formula is C14H12Cl2N2O3S. The zero-order valence-electron chi connectivity index (χ0n) is 11.5. The van der Waals surface area contributed by atoms with Crippen molar-refractivity contribution in [3.63, 3.8) is 0 Å². The molecule has 2 rings (SSSR count). The minimum absolute atomic E-state index is 0.0771. The first-order valence-corrected chi connectivity index (χ1v) is 8.27. The Bertz CT molecular complexity index is 817. The van der Waals surface area contributed by atoms with Gasteiger partial charge in [0.25, 0.3) is 15.9 Å². The number of rotatable bonds is 4. The summed E-state index contributed by atoms with van der Waals surface area (Å²) in [5.41, 5.74) is 5.55. The molecule has 5 nitrogen and oxygen atoms in total. The fourth-order valence-electron chi connectivity index (χ4n) is 1.92. The van der Waals surface area contributed by atoms with Crippen LogP contribution in [-0.2, 0) is 10.0 Å². The van der Waals surface area contributed by atoms with Crippen molar-refractivity contribution in [2.75, 3.05) is 11.4 Å². The highest BCUT2D eigenvalue weighted by atomic mass is 35.5. The van der Waals surface area contributed by atoms with E-state index >= 15 is 0 Å². The van der Waals surface area contributed by atoms with Crippen LogP contribution in [0.2, 0.25) is 10.0 Å². The SMILES string of the molecule is CN(c1ccccc1C(N)=O)S(=O)(=O)c1cc(Cl)cc(Cl)c1. The van der Waals surface area contributed by atoms with E-state index in [4.69, 9.17) is 28.9 Å². The number of anilines is 1. The Balaban J connectivity index is 2.57. The molecule has 0 bridgehead atoms. The number of para-hydroxylation sites is 1. The number of carbonyl (C=O) groups is 1. The molecule has 0 aliphatic carbocycles. The van der Waals surface area contributed by atoms with Gasteiger partial charge in [-0.25, -0.2) is 8.42 Å². The van der Waals surface area contributed by atoms with Crippen molar-refractivity contribution in [3.05, 3.63) is 58.1 Å². The molecule has 2 aromatic carbocycles. The van der Waals surface area contributed by atoms with E-state index in [-0.39, 0.29) is 26.2 Å². The Hall–Kier alpha value is -1.76. The van der Waals surface area contributed by atoms with E-state index in [2.05, 4.69) is 0 Å². The summed E-state index contributed by atoms with van der Waals surface area (Å²) >= 11 is 11.7. The number of benzene rings is 2. The molecule has 0 heterocycles. The summed E-state index contributed by atoms with van der Waals surface area (Å²) < 4.78 is 26.3. The van der Waals surface area contributed by atoms with Gasteiger partial charge in [0, 0.05) is 17.1 Å². The van der Waals surface area contributed by atoms with Gasteiger partial charge < -0.3 is 5.73 Å². The van der Waals surface area contributed by atoms with Crippen LogP contribution in [0.4, 0.5) is 5.69 Å². The summed E-state index contributed by atoms with van der Waals surface area (Å²) in [4.78, 5) is 11.4. The van der Waals surface area contributed by atoms with Gasteiger partial charge in [-0.2, -0.15) is 0 Å². The Kier molecular flexibility index (Phi) is 4.65. The highest BCUT2D eigenvalue weighted by molar-refractivity contribution is 7.92. The molecule has 1 amide bonds. The summed E-state index contributed by atoms with van der Waals surface area (Å²) in [5, 5.41) is 0.394. The lowest BCUT2D eigenvalue weighted by Gasteiger charge is -2.21. The molecule has 0 aromatic heterocycles. The second kappa shape index (κ2) is 6.16. The van der Waals surface area contributed by atoms with Crippen LogP contribution in [0.1, 0.15) is 10.4 Å². The predicted octanol–water partition coefficient (Wildman–Crippen LogP) is 2.92. The number of carbonyl (C=O) groups excluding carboxylic acids is 1. The highest BCUT2D eigenvalue weighted by Gasteiger charge is 2.25. The molecule has 0 saturated carbocycles. The minimum Gasteiger partial charge on any atom is -0.366 e. The lowest BCUT2D eigenvalue weighted by Crippen LogP contribution is -2.29. The normalized spacial score (nSPS) is 11.2. The monoisotopic (exact) mass is 358 g/mol. The Morgan fingerprint density at radius 3 is 2.18 bits per heavy atom. The molecule has 0 atom stereocenters. The molecular weight excluding hydrogens is 347 g/mol. The first-order valence-electron chi connectivity index (χ1n) is 6.07. The second-order valence-corrected chi connectivity index (χ2v) is 7.30. The molecule has 0 aliphatic heterocycles. The summed E-state index contributed by atoms with van der Waals surface area (Å²) in [6.07, 6.45) is 0. The average molecular weight is 359 g/mol. The van der Waals surface area contributed by atoms with Crippen molar-refractivity contribution in [2.24, 2.45) is 5.73 Å². The zero-order chi connectivity index (χ0) is 16.5. The van der Waals surface area contributed by atoms with Crippen molar-refractivity contribution in [1.82, 2.24) is 0 Å². The van der Waals surface area contributed by atoms with Gasteiger partial charge in [0.1, 0.15) is 0 Å². The van der Waals surface area contributed by atoms with Gasteiger partial charge in [-0.3, -0.25) is 9.10 Å². The first kappa shape index (κ1) is 16.6. The first-order chi connectivity index (χ1) is 10.2. The fraction of sp³-hybridized carbons (Fsp3) is 0.0714. The van der Waals surface area contributed by atoms with E-state index in [1.54, 1.807) is 12.1 Å². The van der Waals surface area contributed by atoms with Gasteiger partial charge in [-0.15, -0.1) is 0 Å². The number of sulfonamides is 1. The number of hydrogen-bond acceptors (Lipinski definition) is 3. The number of nitrogens with zero attached hydrogens (tertiary/aromatic N) is 1. The van der Waals surface area contributed by atoms with Crippen molar-refractivity contribution in [1.29, 1.82) is 0 Å². The second-order valence-electron chi connectivity index (χ2n) is 4.46. The van der Waals surface area contributed by atoms with Crippen molar-refractivity contribution >= 4 is 44.8 Å². The van der Waals surface area contributed by atoms with Crippen LogP contribution < -0.4 is 10.0 Å². The number of halogens is 2. The van der Waals surface area contributed by atoms with Crippen LogP contribution in [0.15, 0.2) is 47.4 Å². The van der Waals surface area contributed by atoms with Crippen LogP contribution in [0, 0.1) is 0 Å². The maximum absolute atomic E-state index is 12.7. The van der Waals surface area contributed by atoms with Gasteiger partial charge >= 0.3 is 0 Å². The lowest BCUT2D eigenvalue weighted by molar-refractivity contribution is 0.100. The molecule has 0 fully saturated rings. The van der Waals surface area contributed by atoms with Crippen LogP contribution in [0.25, 0.3) is 0 Å². The van der Waals surface area contributed by atoms with Crippen molar-refractivity contribution in [3.8, 4) is 0 Å². The number of hydrogen-bond donors (Lipinski definition) is 1. The molecule has 0 saturated heterocycles. The molecule has 2 N–H and O–H groups in total. The molecule has 8 heteroatoms. The average Bonchev–Trinajstić information content (AvgIpc) is 2.45. The van der Waals surface area contributed by atoms with E-state index in [1.165, 1.54) is 37.4 Å². The molecule has 22 heavy (non-hydrogen) atoms. The highest BCUT2D eigenvalue weighted by Crippen LogP contribution is 2.28. The van der Waals surface area contributed by atoms with E-state index in [0.29, 0.717) is 0 Å². The third-order valence-electron chi connectivity index (χ3n) is 3.00. The van der Waals surface area contributed by atoms with E-state index in [0.717, 1.165) is 4.31 Å². The van der Waals surface area contributed by atoms with Crippen LogP contribution in [0.3, 0.4) is 0 Å². The van der Waals surface area contributed by atoms with Gasteiger partial charge in [-0.1, -0.05) is 35.3 Å². The van der Waals surface area contributed by atoms with Crippen LogP contribution >= 0.6 is 23.2 Å². The quantitative estimate of drug-likeness (QED) is 0.912. The van der Waals surface area contributed by atoms with E-state index in [9.17, 15) is 13.2 Å². The van der Waals surface area contributed by atoms with Gasteiger partial charge in [-0.05, 0) is 30.3 Å². The Labute approximate surface area is 138 Å². The zero-order valence-corrected chi connectivity index (χ0v) is 13.8. The van der Waals surface area contributed by atoms with Gasteiger partial charge in [0.2, 0.25) is 0 Å². The molecule has 116 valence electrons. The standard InChI is InChI=1S/C14H12Cl2N2O3S/c1-18(13-5-3-2-4-12(13)14(17)19)22(20,21)11-7-9(15)6-10(16)8-11/h2-8H,1H3,(H2,17,19). The number of amides is 1. The molecule has 0 spiro atoms. The largest absolute Gasteiger partial charge is 0.366 e. The van der Waals surface area contributed by atoms with E-state index in [1.807, 2.05) is 0 Å². The summed E-state index contributed by atoms with van der Waals surface area (Å²) in [5.74, 6) is -0.721. The summed E-state index contributed by atoms with van der Waals surface area (Å²) in [6, 6.07) is 10.1. The third-order valence-corrected chi connectivity index (χ3v) is 5.19. The molecule has 0 unspecified atom stereocenters. The van der Waals surface area contributed by atoms with Crippen LogP contribution in [-0.4, -0.2) is 21.4 Å². The molecule has 0 aliphatic rings. The number of nitrogens with two attached hydrogens (primary N) is 1. The maximum Gasteiger partial charge on any atom is 0.264 e. The fourth-order valence-corrected chi connectivity index (χ4v) is 3.86. The van der Waals surface area contributed by atoms with Crippen molar-refractivity contribution < 1.29 is 13.2 Å². The summed E-state index contributed by atoms with van der Waals surface area (Å²) in [7, 11) is -2.61. The Morgan fingerprint density at radius 1 is 1.09 bits per heavy atom. The molecule has 2 aromatic rings. The summed E-state index contributed by atoms with van der Waals surface area (Å²) in [6.45, 7) is 0. The topological polar surface area (TPSA) is 80.5 Å². The van der Waals surface area contributed by atoms with Crippen molar-refractivity contribution in [2.45, 2.75) is 4.90 Å². The lowest BCUT2D eigenvalue weighted by atomic mass is 10.2. The van der Waals surface area contributed by atoms with Gasteiger partial charge in [0.15, 0.2) is 0 Å². The van der Waals surface area contributed by atoms with Gasteiger partial charge in [0.05, 0.1) is 16.1 Å². The van der Waals surface area contributed by atoms with Crippen LogP contribution in [0.5, 0.6) is 0 Å². The predicted molar refractivity (Wildman–Crippen MR) is 87.0 cm³/mol. The number of primary amides is 1. The maximum atomic E-state index is 12.7. The smallest absolute Gasteiger partial charge is 0.264 e. The molecule has 0 radical (unpaired) electrons. The van der Waals surface area contributed by atoms with E-state index < -0.39 is 15.9 Å².